The molecule has 0 saturated heterocycles. The van der Waals surface area contributed by atoms with Crippen molar-refractivity contribution in [2.75, 3.05) is 12.4 Å². The van der Waals surface area contributed by atoms with E-state index in [0.717, 1.165) is 0 Å². The first kappa shape index (κ1) is 26.0. The molecule has 4 aromatic rings. The summed E-state index contributed by atoms with van der Waals surface area (Å²) in [7, 11) is -2.65. The van der Waals surface area contributed by atoms with E-state index in [2.05, 4.69) is 95.2 Å². The summed E-state index contributed by atoms with van der Waals surface area (Å²) < 4.78 is 7.59. The van der Waals surface area contributed by atoms with Crippen LogP contribution in [0, 0.1) is 0 Å². The second kappa shape index (κ2) is 10.5. The molecule has 0 aliphatic heterocycles. The highest BCUT2D eigenvalue weighted by Crippen LogP contribution is 2.39. The Hall–Kier alpha value is -2.10. The number of thioether (sulfide) groups is 1. The highest BCUT2D eigenvalue weighted by molar-refractivity contribution is 9.10. The molecule has 0 amide bonds. The van der Waals surface area contributed by atoms with Crippen molar-refractivity contribution in [2.24, 2.45) is 0 Å². The Labute approximate surface area is 222 Å². The number of hydrogen-bond donors (Lipinski definition) is 2. The number of halogens is 2. The van der Waals surface area contributed by atoms with E-state index in [1.165, 1.54) is 22.1 Å². The molecule has 0 saturated carbocycles. The van der Waals surface area contributed by atoms with Crippen LogP contribution in [0.5, 0.6) is 0 Å². The molecule has 4 rings (SSSR count). The molecule has 0 radical (unpaired) electrons. The number of hydrogen-bond acceptors (Lipinski definition) is 4. The van der Waals surface area contributed by atoms with Gasteiger partial charge >= 0.3 is 5.69 Å². The van der Waals surface area contributed by atoms with E-state index in [0.29, 0.717) is 37.7 Å². The van der Waals surface area contributed by atoms with Crippen molar-refractivity contribution in [3.8, 4) is 0 Å². The highest BCUT2D eigenvalue weighted by atomic mass is 79.9. The Balaban J connectivity index is 1.69. The monoisotopic (exact) mass is 588 g/mol. The van der Waals surface area contributed by atoms with Crippen LogP contribution in [0.15, 0.2) is 85.7 Å². The SMILES string of the molecule is CC(C)(C)[Si](OCCSc1c(Br)c(Cl)cc2c(=O)[nH]c(=O)[nH]c12)(c1ccccc1)c1ccccc1. The maximum Gasteiger partial charge on any atom is 0.326 e. The summed E-state index contributed by atoms with van der Waals surface area (Å²) in [6.07, 6.45) is 0. The van der Waals surface area contributed by atoms with Crippen molar-refractivity contribution < 1.29 is 4.43 Å². The summed E-state index contributed by atoms with van der Waals surface area (Å²) in [4.78, 5) is 30.0. The number of aromatic nitrogens is 2. The number of benzene rings is 3. The molecule has 0 spiro atoms. The van der Waals surface area contributed by atoms with Gasteiger partial charge < -0.3 is 9.41 Å². The Morgan fingerprint density at radius 3 is 2.09 bits per heavy atom. The van der Waals surface area contributed by atoms with E-state index in [1.807, 2.05) is 12.1 Å². The second-order valence-electron chi connectivity index (χ2n) is 9.19. The first-order chi connectivity index (χ1) is 16.6. The lowest BCUT2D eigenvalue weighted by molar-refractivity contribution is 0.322. The van der Waals surface area contributed by atoms with Crippen LogP contribution >= 0.6 is 39.3 Å². The lowest BCUT2D eigenvalue weighted by Gasteiger charge is -2.43. The zero-order valence-corrected chi connectivity index (χ0v) is 23.8. The summed E-state index contributed by atoms with van der Waals surface area (Å²) >= 11 is 11.4. The molecule has 0 aliphatic carbocycles. The molecule has 0 aliphatic rings. The minimum Gasteiger partial charge on any atom is -0.407 e. The van der Waals surface area contributed by atoms with Crippen molar-refractivity contribution in [1.82, 2.24) is 9.97 Å². The fourth-order valence-corrected chi connectivity index (χ4v) is 11.0. The summed E-state index contributed by atoms with van der Waals surface area (Å²) in [6.45, 7) is 7.20. The average Bonchev–Trinajstić information content (AvgIpc) is 2.82. The van der Waals surface area contributed by atoms with Gasteiger partial charge in [-0.15, -0.1) is 11.8 Å². The minimum atomic E-state index is -2.65. The summed E-state index contributed by atoms with van der Waals surface area (Å²) in [5.74, 6) is 0.605. The smallest absolute Gasteiger partial charge is 0.326 e. The molecule has 0 atom stereocenters. The Morgan fingerprint density at radius 1 is 0.971 bits per heavy atom. The zero-order chi connectivity index (χ0) is 25.2. The molecular formula is C26H26BrClN2O3SSi. The van der Waals surface area contributed by atoms with Crippen molar-refractivity contribution in [3.05, 3.63) is 97.1 Å². The molecular weight excluding hydrogens is 564 g/mol. The van der Waals surface area contributed by atoms with Gasteiger partial charge in [-0.3, -0.25) is 9.78 Å². The van der Waals surface area contributed by atoms with Crippen molar-refractivity contribution >= 4 is 68.9 Å². The van der Waals surface area contributed by atoms with Gasteiger partial charge in [-0.25, -0.2) is 4.79 Å². The van der Waals surface area contributed by atoms with Gasteiger partial charge in [0.25, 0.3) is 13.9 Å². The highest BCUT2D eigenvalue weighted by Gasteiger charge is 2.49. The zero-order valence-electron chi connectivity index (χ0n) is 19.7. The van der Waals surface area contributed by atoms with Gasteiger partial charge in [0.15, 0.2) is 0 Å². The molecule has 0 unspecified atom stereocenters. The van der Waals surface area contributed by atoms with Crippen molar-refractivity contribution in [3.63, 3.8) is 0 Å². The van der Waals surface area contributed by atoms with Crippen LogP contribution in [0.2, 0.25) is 10.1 Å². The predicted octanol–water partition coefficient (Wildman–Crippen LogP) is 5.30. The Kier molecular flexibility index (Phi) is 7.78. The van der Waals surface area contributed by atoms with E-state index < -0.39 is 19.6 Å². The maximum atomic E-state index is 12.3. The largest absolute Gasteiger partial charge is 0.407 e. The predicted molar refractivity (Wildman–Crippen MR) is 152 cm³/mol. The summed E-state index contributed by atoms with van der Waals surface area (Å²) in [6, 6.07) is 22.5. The molecule has 0 fully saturated rings. The first-order valence-electron chi connectivity index (χ1n) is 11.2. The molecule has 1 heterocycles. The second-order valence-corrected chi connectivity index (χ2v) is 15.8. The number of nitrogens with one attached hydrogen (secondary N) is 2. The van der Waals surface area contributed by atoms with Gasteiger partial charge in [-0.05, 0) is 37.4 Å². The van der Waals surface area contributed by atoms with E-state index in [4.69, 9.17) is 16.0 Å². The lowest BCUT2D eigenvalue weighted by Crippen LogP contribution is -2.66. The minimum absolute atomic E-state index is 0.123. The average molecular weight is 590 g/mol. The van der Waals surface area contributed by atoms with Gasteiger partial charge in [0, 0.05) is 17.3 Å². The van der Waals surface area contributed by atoms with Crippen LogP contribution in [-0.4, -0.2) is 30.6 Å². The molecule has 0 bridgehead atoms. The van der Waals surface area contributed by atoms with Crippen LogP contribution in [0.25, 0.3) is 10.9 Å². The van der Waals surface area contributed by atoms with Crippen LogP contribution in [0.1, 0.15) is 20.8 Å². The van der Waals surface area contributed by atoms with Gasteiger partial charge in [-0.1, -0.05) is 93.0 Å². The molecule has 182 valence electrons. The third-order valence-electron chi connectivity index (χ3n) is 5.95. The first-order valence-corrected chi connectivity index (χ1v) is 15.2. The molecule has 35 heavy (non-hydrogen) atoms. The Bertz CT molecular complexity index is 1410. The summed E-state index contributed by atoms with van der Waals surface area (Å²) in [5, 5.41) is 3.06. The van der Waals surface area contributed by atoms with E-state index in [1.54, 1.807) is 6.07 Å². The fraction of sp³-hybridized carbons (Fsp3) is 0.231. The maximum absolute atomic E-state index is 12.3. The molecule has 1 aromatic heterocycles. The molecule has 9 heteroatoms. The van der Waals surface area contributed by atoms with Crippen molar-refractivity contribution in [1.29, 1.82) is 0 Å². The molecule has 5 nitrogen and oxygen atoms in total. The van der Waals surface area contributed by atoms with Crippen LogP contribution in [0.3, 0.4) is 0 Å². The van der Waals surface area contributed by atoms with Crippen LogP contribution in [-0.2, 0) is 4.43 Å². The van der Waals surface area contributed by atoms with Crippen LogP contribution < -0.4 is 21.6 Å². The standard InChI is InChI=1S/C26H26BrClN2O3SSi/c1-26(2,3)35(17-10-6-4-7-11-17,18-12-8-5-9-13-18)33-14-15-34-23-21(27)20(28)16-19-22(23)29-25(32)30-24(19)31/h4-13,16H,14-15H2,1-3H3,(H2,29,30,31,32). The third kappa shape index (κ3) is 5.08. The van der Waals surface area contributed by atoms with E-state index >= 15 is 0 Å². The van der Waals surface area contributed by atoms with E-state index in [9.17, 15) is 9.59 Å². The third-order valence-corrected chi connectivity index (χ3v) is 13.7. The van der Waals surface area contributed by atoms with E-state index in [-0.39, 0.29) is 5.04 Å². The Morgan fingerprint density at radius 2 is 1.54 bits per heavy atom. The van der Waals surface area contributed by atoms with Gasteiger partial charge in [-0.2, -0.15) is 0 Å². The summed E-state index contributed by atoms with van der Waals surface area (Å²) in [5.41, 5.74) is -0.559. The normalized spacial score (nSPS) is 12.3. The number of fused-ring (bicyclic) bond motifs is 1. The van der Waals surface area contributed by atoms with Gasteiger partial charge in [0.1, 0.15) is 0 Å². The van der Waals surface area contributed by atoms with Crippen molar-refractivity contribution in [2.45, 2.75) is 30.7 Å². The van der Waals surface area contributed by atoms with Gasteiger partial charge in [0.05, 0.1) is 20.4 Å². The topological polar surface area (TPSA) is 75.0 Å². The van der Waals surface area contributed by atoms with Crippen LogP contribution in [0.4, 0.5) is 0 Å². The number of rotatable bonds is 7. The number of aromatic amines is 2. The quantitative estimate of drug-likeness (QED) is 0.174. The molecule has 2 N–H and O–H groups in total. The molecule has 3 aromatic carbocycles. The van der Waals surface area contributed by atoms with Gasteiger partial charge in [0.2, 0.25) is 0 Å². The number of H-pyrrole nitrogens is 2. The fourth-order valence-electron chi connectivity index (χ4n) is 4.46. The lowest BCUT2D eigenvalue weighted by atomic mass is 10.2.